The maximum atomic E-state index is 11.8. The molecule has 0 unspecified atom stereocenters. The van der Waals surface area contributed by atoms with Crippen molar-refractivity contribution in [3.05, 3.63) is 48.0 Å². The Balaban J connectivity index is 1.52. The zero-order chi connectivity index (χ0) is 16.1. The number of amides is 1. The largest absolute Gasteiger partial charge is 0.459 e. The summed E-state index contributed by atoms with van der Waals surface area (Å²) in [6, 6.07) is 7.38. The Bertz CT molecular complexity index is 617. The molecule has 23 heavy (non-hydrogen) atoms. The highest BCUT2D eigenvalue weighted by Crippen LogP contribution is 2.14. The van der Waals surface area contributed by atoms with Gasteiger partial charge in [0.2, 0.25) is 0 Å². The summed E-state index contributed by atoms with van der Waals surface area (Å²) in [5.41, 5.74) is 0.973. The van der Waals surface area contributed by atoms with E-state index in [4.69, 9.17) is 4.42 Å². The second-order valence-corrected chi connectivity index (χ2v) is 5.61. The van der Waals surface area contributed by atoms with Crippen LogP contribution >= 0.6 is 0 Å². The third-order valence-electron chi connectivity index (χ3n) is 4.15. The van der Waals surface area contributed by atoms with Gasteiger partial charge in [-0.3, -0.25) is 4.79 Å². The number of nitrogens with zero attached hydrogens (tertiary/aromatic N) is 3. The predicted molar refractivity (Wildman–Crippen MR) is 88.4 cm³/mol. The van der Waals surface area contributed by atoms with Crippen molar-refractivity contribution >= 4 is 11.7 Å². The lowest BCUT2D eigenvalue weighted by Gasteiger charge is -2.34. The highest BCUT2D eigenvalue weighted by molar-refractivity contribution is 5.91. The van der Waals surface area contributed by atoms with Gasteiger partial charge in [-0.05, 0) is 30.3 Å². The topological polar surface area (TPSA) is 61.6 Å². The maximum Gasteiger partial charge on any atom is 0.287 e. The molecule has 2 aromatic heterocycles. The first-order valence-corrected chi connectivity index (χ1v) is 8.00. The van der Waals surface area contributed by atoms with E-state index in [1.165, 1.54) is 6.26 Å². The highest BCUT2D eigenvalue weighted by Gasteiger charge is 2.16. The number of carbonyl (C=O) groups is 1. The van der Waals surface area contributed by atoms with Gasteiger partial charge in [-0.2, -0.15) is 0 Å². The average molecular weight is 314 g/mol. The smallest absolute Gasteiger partial charge is 0.287 e. The Morgan fingerprint density at radius 2 is 2.09 bits per heavy atom. The van der Waals surface area contributed by atoms with E-state index in [9.17, 15) is 4.79 Å². The molecule has 3 heterocycles. The maximum absolute atomic E-state index is 11.8. The number of hydrogen-bond acceptors (Lipinski definition) is 5. The van der Waals surface area contributed by atoms with Crippen LogP contribution in [-0.4, -0.2) is 48.5 Å². The summed E-state index contributed by atoms with van der Waals surface area (Å²) in [5, 5.41) is 2.82. The lowest BCUT2D eigenvalue weighted by Crippen LogP contribution is -2.46. The molecule has 0 aliphatic carbocycles. The van der Waals surface area contributed by atoms with E-state index in [1.54, 1.807) is 12.1 Å². The molecular weight excluding hydrogens is 292 g/mol. The Hall–Kier alpha value is -2.34. The van der Waals surface area contributed by atoms with Crippen molar-refractivity contribution in [2.45, 2.75) is 13.5 Å². The zero-order valence-electron chi connectivity index (χ0n) is 13.4. The third-order valence-corrected chi connectivity index (χ3v) is 4.15. The summed E-state index contributed by atoms with van der Waals surface area (Å²) in [4.78, 5) is 21.1. The molecule has 1 saturated heterocycles. The second kappa shape index (κ2) is 7.28. The highest BCUT2D eigenvalue weighted by atomic mass is 16.3. The molecule has 122 valence electrons. The first-order valence-electron chi connectivity index (χ1n) is 8.00. The number of aromatic nitrogens is 1. The van der Waals surface area contributed by atoms with Crippen molar-refractivity contribution in [2.75, 3.05) is 37.6 Å². The average Bonchev–Trinajstić information content (AvgIpc) is 3.15. The van der Waals surface area contributed by atoms with Gasteiger partial charge in [-0.15, -0.1) is 0 Å². The number of pyridine rings is 1. The van der Waals surface area contributed by atoms with Crippen molar-refractivity contribution in [1.82, 2.24) is 15.2 Å². The molecule has 0 spiro atoms. The van der Waals surface area contributed by atoms with Gasteiger partial charge in [0.25, 0.3) is 5.91 Å². The van der Waals surface area contributed by atoms with Crippen LogP contribution in [0, 0.1) is 0 Å². The number of rotatable bonds is 5. The van der Waals surface area contributed by atoms with Crippen molar-refractivity contribution in [3.63, 3.8) is 0 Å². The fraction of sp³-hybridized carbons (Fsp3) is 0.412. The van der Waals surface area contributed by atoms with Crippen LogP contribution < -0.4 is 10.2 Å². The number of hydrogen-bond donors (Lipinski definition) is 1. The van der Waals surface area contributed by atoms with Crippen LogP contribution in [0.15, 0.2) is 41.1 Å². The Morgan fingerprint density at radius 1 is 1.26 bits per heavy atom. The molecule has 6 heteroatoms. The SMILES string of the molecule is CCN1CCN(c2ccc(CNC(=O)c3ccco3)cn2)CC1. The first-order chi connectivity index (χ1) is 11.3. The molecule has 3 rings (SSSR count). The molecule has 0 atom stereocenters. The van der Waals surface area contributed by atoms with Gasteiger partial charge in [-0.25, -0.2) is 4.98 Å². The lowest BCUT2D eigenvalue weighted by atomic mass is 10.2. The van der Waals surface area contributed by atoms with Gasteiger partial charge in [0.1, 0.15) is 5.82 Å². The minimum absolute atomic E-state index is 0.213. The van der Waals surface area contributed by atoms with Crippen LogP contribution in [0.2, 0.25) is 0 Å². The molecule has 2 aromatic rings. The molecular formula is C17H22N4O2. The second-order valence-electron chi connectivity index (χ2n) is 5.61. The molecule has 1 amide bonds. The van der Waals surface area contributed by atoms with Crippen molar-refractivity contribution in [2.24, 2.45) is 0 Å². The monoisotopic (exact) mass is 314 g/mol. The zero-order valence-corrected chi connectivity index (χ0v) is 13.4. The summed E-state index contributed by atoms with van der Waals surface area (Å²) >= 11 is 0. The lowest BCUT2D eigenvalue weighted by molar-refractivity contribution is 0.0923. The van der Waals surface area contributed by atoms with Gasteiger partial charge >= 0.3 is 0 Å². The molecule has 0 aromatic carbocycles. The van der Waals surface area contributed by atoms with Gasteiger partial charge in [-0.1, -0.05) is 13.0 Å². The molecule has 1 aliphatic rings. The quantitative estimate of drug-likeness (QED) is 0.911. The van der Waals surface area contributed by atoms with E-state index in [2.05, 4.69) is 27.0 Å². The number of carbonyl (C=O) groups excluding carboxylic acids is 1. The summed E-state index contributed by atoms with van der Waals surface area (Å²) < 4.78 is 5.06. The summed E-state index contributed by atoms with van der Waals surface area (Å²) in [5.74, 6) is 1.11. The fourth-order valence-corrected chi connectivity index (χ4v) is 2.68. The minimum Gasteiger partial charge on any atom is -0.459 e. The van der Waals surface area contributed by atoms with Gasteiger partial charge < -0.3 is 19.5 Å². The van der Waals surface area contributed by atoms with E-state index in [-0.39, 0.29) is 5.91 Å². The molecule has 0 bridgehead atoms. The summed E-state index contributed by atoms with van der Waals surface area (Å²) in [6.45, 7) is 7.93. The van der Waals surface area contributed by atoms with E-state index >= 15 is 0 Å². The number of anilines is 1. The Kier molecular flexibility index (Phi) is 4.92. The van der Waals surface area contributed by atoms with Crippen LogP contribution in [0.4, 0.5) is 5.82 Å². The first kappa shape index (κ1) is 15.6. The molecule has 1 aliphatic heterocycles. The van der Waals surface area contributed by atoms with Crippen molar-refractivity contribution < 1.29 is 9.21 Å². The van der Waals surface area contributed by atoms with Crippen LogP contribution in [0.5, 0.6) is 0 Å². The third kappa shape index (κ3) is 3.90. The van der Waals surface area contributed by atoms with Gasteiger partial charge in [0.15, 0.2) is 5.76 Å². The van der Waals surface area contributed by atoms with Gasteiger partial charge in [0.05, 0.1) is 6.26 Å². The minimum atomic E-state index is -0.213. The van der Waals surface area contributed by atoms with E-state index < -0.39 is 0 Å². The van der Waals surface area contributed by atoms with Gasteiger partial charge in [0, 0.05) is 38.9 Å². The summed E-state index contributed by atoms with van der Waals surface area (Å²) in [6.07, 6.45) is 3.31. The van der Waals surface area contributed by atoms with Crippen LogP contribution in [0.25, 0.3) is 0 Å². The van der Waals surface area contributed by atoms with E-state index in [0.29, 0.717) is 12.3 Å². The van der Waals surface area contributed by atoms with Crippen LogP contribution in [0.3, 0.4) is 0 Å². The van der Waals surface area contributed by atoms with Crippen molar-refractivity contribution in [3.8, 4) is 0 Å². The Labute approximate surface area is 136 Å². The van der Waals surface area contributed by atoms with Crippen molar-refractivity contribution in [1.29, 1.82) is 0 Å². The normalized spacial score (nSPS) is 15.6. The van der Waals surface area contributed by atoms with E-state index in [0.717, 1.165) is 44.1 Å². The van der Waals surface area contributed by atoms with E-state index in [1.807, 2.05) is 18.3 Å². The molecule has 1 fully saturated rings. The number of nitrogens with one attached hydrogen (secondary N) is 1. The predicted octanol–water partition coefficient (Wildman–Crippen LogP) is 1.75. The fourth-order valence-electron chi connectivity index (χ4n) is 2.68. The number of furan rings is 1. The molecule has 0 saturated carbocycles. The summed E-state index contributed by atoms with van der Waals surface area (Å²) in [7, 11) is 0. The Morgan fingerprint density at radius 3 is 2.70 bits per heavy atom. The number of piperazine rings is 1. The standard InChI is InChI=1S/C17H22N4O2/c1-2-20-7-9-21(10-8-20)16-6-5-14(12-18-16)13-19-17(22)15-4-3-11-23-15/h3-6,11-12H,2,7-10,13H2,1H3,(H,19,22). The molecule has 1 N–H and O–H groups in total. The number of likely N-dealkylation sites (N-methyl/N-ethyl adjacent to an activating group) is 1. The van der Waals surface area contributed by atoms with Crippen LogP contribution in [0.1, 0.15) is 23.0 Å². The van der Waals surface area contributed by atoms with Crippen LogP contribution in [-0.2, 0) is 6.54 Å². The molecule has 0 radical (unpaired) electrons. The molecule has 6 nitrogen and oxygen atoms in total.